The first kappa shape index (κ1) is 18.8. The number of carbonyl (C=O) groups is 1. The highest BCUT2D eigenvalue weighted by Crippen LogP contribution is 2.55. The molecule has 4 aliphatic carbocycles. The minimum absolute atomic E-state index is 0.0416. The van der Waals surface area contributed by atoms with Gasteiger partial charge in [0.15, 0.2) is 0 Å². The first-order valence-corrected chi connectivity index (χ1v) is 12.2. The zero-order valence-corrected chi connectivity index (χ0v) is 19.1. The second-order valence-corrected chi connectivity index (χ2v) is 11.0. The molecular weight excluding hydrogens is 485 g/mol. The number of nitrogens with zero attached hydrogens (tertiary/aromatic N) is 1. The maximum Gasteiger partial charge on any atom is 0.253 e. The summed E-state index contributed by atoms with van der Waals surface area (Å²) in [5.74, 6) is 2.54. The first-order valence-electron chi connectivity index (χ1n) is 11.1. The van der Waals surface area contributed by atoms with E-state index in [1.165, 1.54) is 49.5 Å². The lowest BCUT2D eigenvalue weighted by Crippen LogP contribution is -2.59. The van der Waals surface area contributed by atoms with Crippen LogP contribution in [0, 0.1) is 21.3 Å². The molecule has 4 bridgehead atoms. The third-order valence-corrected chi connectivity index (χ3v) is 8.56. The Labute approximate surface area is 190 Å². The van der Waals surface area contributed by atoms with Gasteiger partial charge in [-0.3, -0.25) is 9.78 Å². The van der Waals surface area contributed by atoms with E-state index in [2.05, 4.69) is 57.3 Å². The summed E-state index contributed by atoms with van der Waals surface area (Å²) >= 11 is 2.32. The number of carbonyl (C=O) groups excluding carboxylic acids is 1. The van der Waals surface area contributed by atoms with E-state index in [4.69, 9.17) is 4.98 Å². The number of fused-ring (bicyclic) bond motifs is 1. The maximum atomic E-state index is 13.1. The molecule has 3 aromatic rings. The van der Waals surface area contributed by atoms with Crippen LogP contribution in [-0.2, 0) is 6.42 Å². The molecule has 0 saturated heterocycles. The highest BCUT2D eigenvalue weighted by molar-refractivity contribution is 14.1. The van der Waals surface area contributed by atoms with E-state index >= 15 is 0 Å². The van der Waals surface area contributed by atoms with Gasteiger partial charge in [0.2, 0.25) is 0 Å². The molecule has 0 atom stereocenters. The fraction of sp³-hybridized carbons (Fsp3) is 0.440. The van der Waals surface area contributed by atoms with E-state index in [1.807, 2.05) is 12.1 Å². The molecule has 0 unspecified atom stereocenters. The molecule has 0 spiro atoms. The topological polar surface area (TPSA) is 57.8 Å². The first-order chi connectivity index (χ1) is 14.6. The SMILES string of the molecule is O=C(NC12CC3CC(CC(C3)C1)C2)c1cnc(Cc2c[nH]c3ccccc23)c(I)c1. The van der Waals surface area contributed by atoms with Crippen LogP contribution in [0.25, 0.3) is 10.9 Å². The molecule has 7 rings (SSSR count). The van der Waals surface area contributed by atoms with Crippen molar-refractivity contribution >= 4 is 39.4 Å². The van der Waals surface area contributed by atoms with E-state index < -0.39 is 0 Å². The van der Waals surface area contributed by atoms with Crippen LogP contribution in [0.3, 0.4) is 0 Å². The van der Waals surface area contributed by atoms with Gasteiger partial charge >= 0.3 is 0 Å². The molecule has 2 N–H and O–H groups in total. The van der Waals surface area contributed by atoms with Gasteiger partial charge in [0.05, 0.1) is 11.3 Å². The van der Waals surface area contributed by atoms with Crippen LogP contribution < -0.4 is 5.32 Å². The summed E-state index contributed by atoms with van der Waals surface area (Å²) in [6, 6.07) is 10.3. The fourth-order valence-corrected chi connectivity index (χ4v) is 7.42. The molecule has 4 nitrogen and oxygen atoms in total. The van der Waals surface area contributed by atoms with Crippen LogP contribution in [0.15, 0.2) is 42.7 Å². The molecule has 1 amide bonds. The number of hydrogen-bond acceptors (Lipinski definition) is 2. The van der Waals surface area contributed by atoms with E-state index in [0.717, 1.165) is 39.0 Å². The van der Waals surface area contributed by atoms with Crippen LogP contribution in [0.2, 0.25) is 0 Å². The highest BCUT2D eigenvalue weighted by Gasteiger charge is 2.51. The lowest BCUT2D eigenvalue weighted by atomic mass is 9.53. The number of para-hydroxylation sites is 1. The third-order valence-electron chi connectivity index (χ3n) is 7.63. The van der Waals surface area contributed by atoms with Crippen molar-refractivity contribution in [2.75, 3.05) is 0 Å². The van der Waals surface area contributed by atoms with Gasteiger partial charge in [-0.1, -0.05) is 18.2 Å². The molecule has 4 fully saturated rings. The Kier molecular flexibility index (Phi) is 4.44. The standard InChI is InChI=1S/C25H26IN3O/c26-21-8-19(14-28-23(21)9-18-13-27-22-4-2-1-3-20(18)22)24(30)29-25-10-15-5-16(11-25)7-17(6-15)12-25/h1-4,8,13-17,27H,5-7,9-12H2,(H,29,30). The van der Waals surface area contributed by atoms with Crippen LogP contribution in [0.5, 0.6) is 0 Å². The quantitative estimate of drug-likeness (QED) is 0.458. The van der Waals surface area contributed by atoms with E-state index in [0.29, 0.717) is 5.56 Å². The van der Waals surface area contributed by atoms with E-state index in [-0.39, 0.29) is 11.4 Å². The van der Waals surface area contributed by atoms with Gasteiger partial charge < -0.3 is 10.3 Å². The summed E-state index contributed by atoms with van der Waals surface area (Å²) in [4.78, 5) is 21.2. The van der Waals surface area contributed by atoms with Gasteiger partial charge in [0.1, 0.15) is 0 Å². The Bertz CT molecular complexity index is 1100. The van der Waals surface area contributed by atoms with Gasteiger partial charge in [-0.05, 0) is 96.6 Å². The number of rotatable bonds is 4. The average Bonchev–Trinajstić information content (AvgIpc) is 3.11. The fourth-order valence-electron chi connectivity index (χ4n) is 6.76. The van der Waals surface area contributed by atoms with Crippen molar-refractivity contribution in [3.8, 4) is 0 Å². The van der Waals surface area contributed by atoms with Crippen molar-refractivity contribution in [1.82, 2.24) is 15.3 Å². The number of amides is 1. The van der Waals surface area contributed by atoms with Crippen molar-refractivity contribution in [2.24, 2.45) is 17.8 Å². The van der Waals surface area contributed by atoms with E-state index in [1.54, 1.807) is 6.20 Å². The van der Waals surface area contributed by atoms with Crippen molar-refractivity contribution in [2.45, 2.75) is 50.5 Å². The molecule has 1 aromatic carbocycles. The van der Waals surface area contributed by atoms with Crippen LogP contribution >= 0.6 is 22.6 Å². The Morgan fingerprint density at radius 1 is 1.13 bits per heavy atom. The number of hydrogen-bond donors (Lipinski definition) is 2. The van der Waals surface area contributed by atoms with Gasteiger partial charge in [0.25, 0.3) is 5.91 Å². The second kappa shape index (κ2) is 7.08. The average molecular weight is 511 g/mol. The van der Waals surface area contributed by atoms with Gasteiger partial charge in [0, 0.05) is 38.8 Å². The zero-order chi connectivity index (χ0) is 20.3. The van der Waals surface area contributed by atoms with Crippen LogP contribution in [0.1, 0.15) is 60.1 Å². The Morgan fingerprint density at radius 3 is 2.53 bits per heavy atom. The number of pyridine rings is 1. The highest BCUT2D eigenvalue weighted by atomic mass is 127. The molecule has 154 valence electrons. The smallest absolute Gasteiger partial charge is 0.253 e. The van der Waals surface area contributed by atoms with Crippen molar-refractivity contribution in [3.05, 3.63) is 63.1 Å². The maximum absolute atomic E-state index is 13.1. The number of nitrogens with one attached hydrogen (secondary N) is 2. The monoisotopic (exact) mass is 511 g/mol. The Balaban J connectivity index is 1.21. The minimum atomic E-state index is 0.0416. The number of benzene rings is 1. The number of aromatic nitrogens is 2. The van der Waals surface area contributed by atoms with Crippen LogP contribution in [0.4, 0.5) is 0 Å². The number of halogens is 1. The van der Waals surface area contributed by atoms with Crippen molar-refractivity contribution in [3.63, 3.8) is 0 Å². The summed E-state index contributed by atoms with van der Waals surface area (Å²) in [6.45, 7) is 0. The molecular formula is C25H26IN3O. The molecule has 2 aromatic heterocycles. The predicted molar refractivity (Wildman–Crippen MR) is 126 cm³/mol. The number of H-pyrrole nitrogens is 1. The van der Waals surface area contributed by atoms with Gasteiger partial charge in [-0.15, -0.1) is 0 Å². The van der Waals surface area contributed by atoms with Crippen molar-refractivity contribution < 1.29 is 4.79 Å². The normalized spacial score (nSPS) is 29.4. The van der Waals surface area contributed by atoms with Crippen molar-refractivity contribution in [1.29, 1.82) is 0 Å². The molecule has 0 radical (unpaired) electrons. The summed E-state index contributed by atoms with van der Waals surface area (Å²) < 4.78 is 1.05. The molecule has 4 aliphatic rings. The summed E-state index contributed by atoms with van der Waals surface area (Å²) in [5, 5.41) is 4.70. The predicted octanol–water partition coefficient (Wildman–Crippen LogP) is 5.46. The number of aromatic amines is 1. The third kappa shape index (κ3) is 3.26. The summed E-state index contributed by atoms with van der Waals surface area (Å²) in [6.07, 6.45) is 12.3. The summed E-state index contributed by atoms with van der Waals surface area (Å²) in [5.41, 5.74) is 4.14. The second-order valence-electron chi connectivity index (χ2n) is 9.84. The largest absolute Gasteiger partial charge is 0.361 e. The lowest BCUT2D eigenvalue weighted by Gasteiger charge is -2.56. The van der Waals surface area contributed by atoms with E-state index in [9.17, 15) is 4.79 Å². The Hall–Kier alpha value is -1.89. The van der Waals surface area contributed by atoms with Crippen LogP contribution in [-0.4, -0.2) is 21.4 Å². The lowest BCUT2D eigenvalue weighted by molar-refractivity contribution is -0.0167. The molecule has 0 aliphatic heterocycles. The molecule has 5 heteroatoms. The molecule has 2 heterocycles. The zero-order valence-electron chi connectivity index (χ0n) is 17.0. The van der Waals surface area contributed by atoms with Gasteiger partial charge in [-0.2, -0.15) is 0 Å². The minimum Gasteiger partial charge on any atom is -0.361 e. The molecule has 30 heavy (non-hydrogen) atoms. The van der Waals surface area contributed by atoms with Gasteiger partial charge in [-0.25, -0.2) is 0 Å². The molecule has 4 saturated carbocycles. The summed E-state index contributed by atoms with van der Waals surface area (Å²) in [7, 11) is 0. The Morgan fingerprint density at radius 2 is 1.83 bits per heavy atom.